The van der Waals surface area contributed by atoms with Crippen molar-refractivity contribution in [2.24, 2.45) is 5.92 Å². The topological polar surface area (TPSA) is 46.6 Å². The predicted molar refractivity (Wildman–Crippen MR) is 142 cm³/mol. The molecule has 3 aromatic rings. The zero-order valence-electron chi connectivity index (χ0n) is 20.1. The van der Waals surface area contributed by atoms with Crippen LogP contribution in [-0.2, 0) is 22.4 Å². The number of methoxy groups -OCH3 is 1. The van der Waals surface area contributed by atoms with Crippen LogP contribution in [-0.4, -0.2) is 31.6 Å². The van der Waals surface area contributed by atoms with Crippen molar-refractivity contribution in [1.82, 2.24) is 0 Å². The molecule has 0 N–H and O–H groups in total. The Balaban J connectivity index is 1.46. The van der Waals surface area contributed by atoms with E-state index in [0.29, 0.717) is 12.8 Å². The van der Waals surface area contributed by atoms with Crippen LogP contribution in [0.25, 0.3) is 5.57 Å². The van der Waals surface area contributed by atoms with Gasteiger partial charge >= 0.3 is 0 Å². The molecule has 0 fully saturated rings. The molecule has 178 valence electrons. The number of hydrogen-bond acceptors (Lipinski definition) is 4. The molecule has 1 heterocycles. The number of allylic oxidation sites excluding steroid dienone is 1. The minimum absolute atomic E-state index is 0.0420. The molecule has 0 saturated carbocycles. The Hall–Kier alpha value is -3.31. The number of carbonyl (C=O) groups excluding carboxylic acids is 2. The molecular formula is C30H29NO3S. The van der Waals surface area contributed by atoms with Crippen LogP contribution in [0.4, 0.5) is 5.69 Å². The van der Waals surface area contributed by atoms with E-state index in [2.05, 4.69) is 42.5 Å². The Morgan fingerprint density at radius 2 is 1.77 bits per heavy atom. The Kier molecular flexibility index (Phi) is 6.78. The van der Waals surface area contributed by atoms with Crippen LogP contribution in [0, 0.1) is 5.92 Å². The van der Waals surface area contributed by atoms with Crippen molar-refractivity contribution in [2.45, 2.75) is 30.6 Å². The van der Waals surface area contributed by atoms with Crippen LogP contribution >= 0.6 is 11.8 Å². The van der Waals surface area contributed by atoms with Gasteiger partial charge in [-0.25, -0.2) is 0 Å². The van der Waals surface area contributed by atoms with Gasteiger partial charge in [0.2, 0.25) is 5.91 Å². The molecule has 1 aliphatic carbocycles. The lowest BCUT2D eigenvalue weighted by molar-refractivity contribution is -0.127. The van der Waals surface area contributed by atoms with Gasteiger partial charge in [-0.3, -0.25) is 9.59 Å². The lowest BCUT2D eigenvalue weighted by Gasteiger charge is -2.24. The zero-order chi connectivity index (χ0) is 24.4. The summed E-state index contributed by atoms with van der Waals surface area (Å²) in [5, 5.41) is 0. The Morgan fingerprint density at radius 3 is 2.57 bits per heavy atom. The lowest BCUT2D eigenvalue weighted by atomic mass is 9.89. The molecule has 3 aromatic carbocycles. The number of amides is 1. The van der Waals surface area contributed by atoms with E-state index < -0.39 is 5.92 Å². The fraction of sp³-hybridized carbons (Fsp3) is 0.267. The second-order valence-corrected chi connectivity index (χ2v) is 10.3. The van der Waals surface area contributed by atoms with E-state index in [0.717, 1.165) is 34.7 Å². The molecule has 0 spiro atoms. The number of hydrogen-bond donors (Lipinski definition) is 0. The molecule has 2 bridgehead atoms. The molecule has 5 heteroatoms. The van der Waals surface area contributed by atoms with Crippen molar-refractivity contribution in [3.05, 3.63) is 95.1 Å². The zero-order valence-corrected chi connectivity index (χ0v) is 20.9. The van der Waals surface area contributed by atoms with Crippen LogP contribution in [0.2, 0.25) is 0 Å². The lowest BCUT2D eigenvalue weighted by Crippen LogP contribution is -2.35. The van der Waals surface area contributed by atoms with Gasteiger partial charge in [0.25, 0.3) is 0 Å². The molecule has 0 radical (unpaired) electrons. The van der Waals surface area contributed by atoms with E-state index >= 15 is 0 Å². The van der Waals surface area contributed by atoms with Gasteiger partial charge in [-0.05, 0) is 71.5 Å². The summed E-state index contributed by atoms with van der Waals surface area (Å²) in [5.41, 5.74) is 6.85. The average molecular weight is 484 g/mol. The van der Waals surface area contributed by atoms with Crippen molar-refractivity contribution in [1.29, 1.82) is 0 Å². The third-order valence-electron chi connectivity index (χ3n) is 6.95. The molecular weight excluding hydrogens is 454 g/mol. The van der Waals surface area contributed by atoms with Gasteiger partial charge in [-0.2, -0.15) is 0 Å². The number of thioether (sulfide) groups is 1. The van der Waals surface area contributed by atoms with Crippen molar-refractivity contribution in [3.8, 4) is 5.75 Å². The summed E-state index contributed by atoms with van der Waals surface area (Å²) in [7, 11) is 3.40. The molecule has 0 unspecified atom stereocenters. The van der Waals surface area contributed by atoms with Crippen LogP contribution in [0.3, 0.4) is 0 Å². The number of anilines is 1. The molecule has 1 aliphatic heterocycles. The van der Waals surface area contributed by atoms with Crippen molar-refractivity contribution in [2.75, 3.05) is 24.8 Å². The van der Waals surface area contributed by atoms with Gasteiger partial charge in [0.1, 0.15) is 11.5 Å². The summed E-state index contributed by atoms with van der Waals surface area (Å²) < 4.78 is 5.25. The second-order valence-electron chi connectivity index (χ2n) is 9.27. The first kappa shape index (κ1) is 23.4. The largest absolute Gasteiger partial charge is 0.497 e. The van der Waals surface area contributed by atoms with Gasteiger partial charge in [0.05, 0.1) is 7.11 Å². The van der Waals surface area contributed by atoms with Gasteiger partial charge in [0.15, 0.2) is 0 Å². The molecule has 5 rings (SSSR count). The monoisotopic (exact) mass is 483 g/mol. The first-order valence-corrected chi connectivity index (χ1v) is 12.9. The number of Topliss-reactive ketones (excluding diaryl/α,β-unsaturated/α-hetero) is 1. The van der Waals surface area contributed by atoms with Crippen LogP contribution < -0.4 is 9.64 Å². The van der Waals surface area contributed by atoms with Crippen molar-refractivity contribution < 1.29 is 14.3 Å². The number of ketones is 1. The van der Waals surface area contributed by atoms with Crippen molar-refractivity contribution >= 4 is 34.7 Å². The number of rotatable bonds is 3. The number of nitrogens with zero attached hydrogens (tertiary/aromatic N) is 1. The van der Waals surface area contributed by atoms with E-state index in [1.54, 1.807) is 19.1 Å². The summed E-state index contributed by atoms with van der Waals surface area (Å²) >= 11 is 1.81. The summed E-state index contributed by atoms with van der Waals surface area (Å²) in [6.07, 6.45) is 2.06. The molecule has 0 aromatic heterocycles. The average Bonchev–Trinajstić information content (AvgIpc) is 3.23. The van der Waals surface area contributed by atoms with Gasteiger partial charge < -0.3 is 9.64 Å². The first-order chi connectivity index (χ1) is 17.0. The number of ether oxygens (including phenoxy) is 1. The second kappa shape index (κ2) is 10.1. The summed E-state index contributed by atoms with van der Waals surface area (Å²) in [5.74, 6) is 1.28. The number of carbonyl (C=O) groups is 2. The Morgan fingerprint density at radius 1 is 0.971 bits per heavy atom. The summed E-state index contributed by atoms with van der Waals surface area (Å²) in [4.78, 5) is 29.9. The normalized spacial score (nSPS) is 17.7. The van der Waals surface area contributed by atoms with Crippen LogP contribution in [0.1, 0.15) is 29.5 Å². The molecule has 2 aliphatic rings. The third-order valence-corrected chi connectivity index (χ3v) is 8.03. The van der Waals surface area contributed by atoms with Crippen LogP contribution in [0.5, 0.6) is 5.75 Å². The summed E-state index contributed by atoms with van der Waals surface area (Å²) in [6.45, 7) is 0. The quantitative estimate of drug-likeness (QED) is 0.460. The highest BCUT2D eigenvalue weighted by molar-refractivity contribution is 7.99. The highest BCUT2D eigenvalue weighted by Gasteiger charge is 2.29. The van der Waals surface area contributed by atoms with E-state index in [4.69, 9.17) is 4.74 Å². The van der Waals surface area contributed by atoms with Gasteiger partial charge in [-0.15, -0.1) is 11.8 Å². The SMILES string of the molecule is COc1ccc(N(C)C(=O)[C@H]2CC(=O)CC3=C(CSc4cccc(c4)C2)Cc2ccccc23)cc1. The minimum atomic E-state index is -0.421. The fourth-order valence-electron chi connectivity index (χ4n) is 5.07. The minimum Gasteiger partial charge on any atom is -0.497 e. The van der Waals surface area contributed by atoms with Crippen LogP contribution in [0.15, 0.2) is 83.3 Å². The van der Waals surface area contributed by atoms with Crippen molar-refractivity contribution in [3.63, 3.8) is 0 Å². The third kappa shape index (κ3) is 5.06. The van der Waals surface area contributed by atoms with E-state index in [1.807, 2.05) is 42.1 Å². The summed E-state index contributed by atoms with van der Waals surface area (Å²) in [6, 6.07) is 24.3. The maximum Gasteiger partial charge on any atom is 0.230 e. The Labute approximate surface area is 211 Å². The van der Waals surface area contributed by atoms with E-state index in [1.165, 1.54) is 21.6 Å². The number of fused-ring (bicyclic) bond motifs is 4. The molecule has 0 saturated heterocycles. The predicted octanol–water partition coefficient (Wildman–Crippen LogP) is 5.98. The molecule has 1 atom stereocenters. The highest BCUT2D eigenvalue weighted by Crippen LogP contribution is 2.39. The van der Waals surface area contributed by atoms with E-state index in [9.17, 15) is 9.59 Å². The maximum atomic E-state index is 13.7. The highest BCUT2D eigenvalue weighted by atomic mass is 32.2. The molecule has 35 heavy (non-hydrogen) atoms. The standard InChI is InChI=1S/C30H29NO3S/c1-31(24-10-12-26(34-2)13-11-24)30(33)22-14-20-6-5-8-27(15-20)35-19-23-16-21-7-3-4-9-28(21)29(23)18-25(32)17-22/h3-13,15,22H,14,16-19H2,1-2H3/t22-/m1/s1. The Bertz CT molecular complexity index is 1290. The van der Waals surface area contributed by atoms with E-state index in [-0.39, 0.29) is 18.1 Å². The van der Waals surface area contributed by atoms with Gasteiger partial charge in [-0.1, -0.05) is 42.0 Å². The maximum absolute atomic E-state index is 13.7. The smallest absolute Gasteiger partial charge is 0.230 e. The van der Waals surface area contributed by atoms with Gasteiger partial charge in [0, 0.05) is 42.1 Å². The number of benzene rings is 3. The first-order valence-electron chi connectivity index (χ1n) is 12.0. The molecule has 4 nitrogen and oxygen atoms in total. The molecule has 1 amide bonds. The fourth-order valence-corrected chi connectivity index (χ4v) is 6.10.